The van der Waals surface area contributed by atoms with Crippen LogP contribution in [0.25, 0.3) is 22.5 Å². The summed E-state index contributed by atoms with van der Waals surface area (Å²) in [6.07, 6.45) is 1.60. The molecule has 0 aliphatic heterocycles. The van der Waals surface area contributed by atoms with Gasteiger partial charge in [0, 0.05) is 24.1 Å². The maximum Gasteiger partial charge on any atom is 0.198 e. The summed E-state index contributed by atoms with van der Waals surface area (Å²) in [6, 6.07) is 9.16. The highest BCUT2D eigenvalue weighted by molar-refractivity contribution is 6.31. The van der Waals surface area contributed by atoms with Crippen LogP contribution < -0.4 is 5.32 Å². The molecule has 2 aromatic heterocycles. The number of ether oxygens (including phenoxy) is 1. The van der Waals surface area contributed by atoms with Crippen molar-refractivity contribution in [3.05, 3.63) is 41.6 Å². The fraction of sp³-hybridized carbons (Fsp3) is 0.200. The Hall–Kier alpha value is -2.11. The first kappa shape index (κ1) is 13.9. The molecule has 2 heterocycles. The Balaban J connectivity index is 2.09. The van der Waals surface area contributed by atoms with Crippen LogP contribution >= 0.6 is 11.6 Å². The lowest BCUT2D eigenvalue weighted by atomic mass is 10.2. The average Bonchev–Trinajstić information content (AvgIpc) is 3.01. The zero-order chi connectivity index (χ0) is 14.7. The molecule has 0 aliphatic rings. The maximum absolute atomic E-state index is 6.05. The van der Waals surface area contributed by atoms with Crippen molar-refractivity contribution in [1.82, 2.24) is 9.97 Å². The second-order valence-corrected chi connectivity index (χ2v) is 4.89. The summed E-state index contributed by atoms with van der Waals surface area (Å²) in [5.41, 5.74) is 0.767. The van der Waals surface area contributed by atoms with Crippen molar-refractivity contribution in [2.24, 2.45) is 0 Å². The molecule has 0 bridgehead atoms. The van der Waals surface area contributed by atoms with Gasteiger partial charge < -0.3 is 14.5 Å². The zero-order valence-electron chi connectivity index (χ0n) is 11.5. The molecule has 0 spiro atoms. The predicted molar refractivity (Wildman–Crippen MR) is 82.6 cm³/mol. The molecule has 1 N–H and O–H groups in total. The third kappa shape index (κ3) is 2.99. The largest absolute Gasteiger partial charge is 0.461 e. The van der Waals surface area contributed by atoms with Crippen LogP contribution in [0.2, 0.25) is 5.02 Å². The van der Waals surface area contributed by atoms with Gasteiger partial charge >= 0.3 is 0 Å². The number of furan rings is 1. The Kier molecular flexibility index (Phi) is 4.03. The van der Waals surface area contributed by atoms with Gasteiger partial charge in [-0.2, -0.15) is 0 Å². The van der Waals surface area contributed by atoms with Crippen LogP contribution in [0.1, 0.15) is 0 Å². The standard InChI is InChI=1S/C15H14ClN3O2/c1-20-8-6-17-14-11-5-4-10(16)9-12(11)18-15(19-14)13-3-2-7-21-13/h2-5,7,9H,6,8H2,1H3,(H,17,18,19). The Morgan fingerprint density at radius 3 is 2.95 bits per heavy atom. The molecule has 108 valence electrons. The normalized spacial score (nSPS) is 11.0. The average molecular weight is 304 g/mol. The van der Waals surface area contributed by atoms with Crippen molar-refractivity contribution >= 4 is 28.3 Å². The summed E-state index contributed by atoms with van der Waals surface area (Å²) in [4.78, 5) is 9.04. The number of fused-ring (bicyclic) bond motifs is 1. The first-order valence-corrected chi connectivity index (χ1v) is 6.90. The third-order valence-electron chi connectivity index (χ3n) is 3.00. The SMILES string of the molecule is COCCNc1nc(-c2ccco2)nc2cc(Cl)ccc12. The van der Waals surface area contributed by atoms with Gasteiger partial charge in [-0.15, -0.1) is 0 Å². The molecule has 0 fully saturated rings. The summed E-state index contributed by atoms with van der Waals surface area (Å²) < 4.78 is 10.4. The van der Waals surface area contributed by atoms with Crippen molar-refractivity contribution in [2.45, 2.75) is 0 Å². The zero-order valence-corrected chi connectivity index (χ0v) is 12.2. The topological polar surface area (TPSA) is 60.2 Å². The minimum Gasteiger partial charge on any atom is -0.461 e. The van der Waals surface area contributed by atoms with E-state index in [1.54, 1.807) is 19.4 Å². The molecule has 0 atom stereocenters. The number of hydrogen-bond donors (Lipinski definition) is 1. The van der Waals surface area contributed by atoms with E-state index >= 15 is 0 Å². The number of nitrogens with one attached hydrogen (secondary N) is 1. The highest BCUT2D eigenvalue weighted by Gasteiger charge is 2.11. The molecule has 0 radical (unpaired) electrons. The predicted octanol–water partition coefficient (Wildman–Crippen LogP) is 3.60. The molecule has 3 aromatic rings. The number of halogens is 1. The summed E-state index contributed by atoms with van der Waals surface area (Å²) in [5, 5.41) is 4.79. The summed E-state index contributed by atoms with van der Waals surface area (Å²) in [5.74, 6) is 1.88. The minimum atomic E-state index is 0.523. The van der Waals surface area contributed by atoms with Gasteiger partial charge in [0.2, 0.25) is 0 Å². The van der Waals surface area contributed by atoms with Gasteiger partial charge in [-0.25, -0.2) is 9.97 Å². The van der Waals surface area contributed by atoms with Crippen molar-refractivity contribution in [2.75, 3.05) is 25.6 Å². The molecule has 0 amide bonds. The Labute approximate surface area is 126 Å². The third-order valence-corrected chi connectivity index (χ3v) is 3.23. The second kappa shape index (κ2) is 6.11. The van der Waals surface area contributed by atoms with Gasteiger partial charge in [0.15, 0.2) is 11.6 Å². The lowest BCUT2D eigenvalue weighted by Gasteiger charge is -2.10. The van der Waals surface area contributed by atoms with Crippen molar-refractivity contribution in [1.29, 1.82) is 0 Å². The molecule has 0 unspecified atom stereocenters. The highest BCUT2D eigenvalue weighted by Crippen LogP contribution is 2.27. The van der Waals surface area contributed by atoms with E-state index in [1.807, 2.05) is 24.3 Å². The van der Waals surface area contributed by atoms with Gasteiger partial charge in [-0.3, -0.25) is 0 Å². The second-order valence-electron chi connectivity index (χ2n) is 4.45. The smallest absolute Gasteiger partial charge is 0.198 e. The molecular formula is C15H14ClN3O2. The van der Waals surface area contributed by atoms with E-state index in [-0.39, 0.29) is 0 Å². The Morgan fingerprint density at radius 1 is 1.29 bits per heavy atom. The van der Waals surface area contributed by atoms with Gasteiger partial charge in [0.25, 0.3) is 0 Å². The van der Waals surface area contributed by atoms with Crippen LogP contribution in [0.4, 0.5) is 5.82 Å². The number of aromatic nitrogens is 2. The van der Waals surface area contributed by atoms with Crippen LogP contribution in [-0.2, 0) is 4.74 Å². The van der Waals surface area contributed by atoms with Crippen LogP contribution in [0, 0.1) is 0 Å². The molecular weight excluding hydrogens is 290 g/mol. The van der Waals surface area contributed by atoms with Crippen molar-refractivity contribution in [3.63, 3.8) is 0 Å². The van der Waals surface area contributed by atoms with E-state index in [1.165, 1.54) is 0 Å². The van der Waals surface area contributed by atoms with Gasteiger partial charge in [-0.05, 0) is 30.3 Å². The van der Waals surface area contributed by atoms with Crippen molar-refractivity contribution < 1.29 is 9.15 Å². The maximum atomic E-state index is 6.05. The van der Waals surface area contributed by atoms with Crippen LogP contribution in [-0.4, -0.2) is 30.2 Å². The number of hydrogen-bond acceptors (Lipinski definition) is 5. The highest BCUT2D eigenvalue weighted by atomic mass is 35.5. The molecule has 0 aliphatic carbocycles. The lowest BCUT2D eigenvalue weighted by Crippen LogP contribution is -2.10. The van der Waals surface area contributed by atoms with E-state index in [9.17, 15) is 0 Å². The number of anilines is 1. The van der Waals surface area contributed by atoms with E-state index in [0.717, 1.165) is 16.7 Å². The van der Waals surface area contributed by atoms with E-state index < -0.39 is 0 Å². The molecule has 3 rings (SSSR count). The number of benzene rings is 1. The number of methoxy groups -OCH3 is 1. The Bertz CT molecular complexity index is 744. The van der Waals surface area contributed by atoms with Gasteiger partial charge in [-0.1, -0.05) is 11.6 Å². The van der Waals surface area contributed by atoms with E-state index in [2.05, 4.69) is 15.3 Å². The van der Waals surface area contributed by atoms with E-state index in [4.69, 9.17) is 20.8 Å². The summed E-state index contributed by atoms with van der Waals surface area (Å²) in [7, 11) is 1.66. The van der Waals surface area contributed by atoms with E-state index in [0.29, 0.717) is 29.8 Å². The van der Waals surface area contributed by atoms with Crippen LogP contribution in [0.5, 0.6) is 0 Å². The lowest BCUT2D eigenvalue weighted by molar-refractivity contribution is 0.210. The summed E-state index contributed by atoms with van der Waals surface area (Å²) in [6.45, 7) is 1.25. The fourth-order valence-corrected chi connectivity index (χ4v) is 2.19. The van der Waals surface area contributed by atoms with Gasteiger partial charge in [0.05, 0.1) is 18.4 Å². The minimum absolute atomic E-state index is 0.523. The first-order valence-electron chi connectivity index (χ1n) is 6.52. The molecule has 1 aromatic carbocycles. The number of nitrogens with zero attached hydrogens (tertiary/aromatic N) is 2. The Morgan fingerprint density at radius 2 is 2.19 bits per heavy atom. The number of rotatable bonds is 5. The first-order chi connectivity index (χ1) is 10.3. The van der Waals surface area contributed by atoms with Crippen LogP contribution in [0.3, 0.4) is 0 Å². The quantitative estimate of drug-likeness (QED) is 0.730. The van der Waals surface area contributed by atoms with Crippen molar-refractivity contribution in [3.8, 4) is 11.6 Å². The van der Waals surface area contributed by atoms with Crippen LogP contribution in [0.15, 0.2) is 41.0 Å². The fourth-order valence-electron chi connectivity index (χ4n) is 2.02. The van der Waals surface area contributed by atoms with Gasteiger partial charge in [0.1, 0.15) is 5.82 Å². The molecule has 21 heavy (non-hydrogen) atoms. The molecule has 5 nitrogen and oxygen atoms in total. The summed E-state index contributed by atoms with van der Waals surface area (Å²) >= 11 is 6.05. The monoisotopic (exact) mass is 303 g/mol. The molecule has 0 saturated carbocycles. The molecule has 0 saturated heterocycles. The molecule has 6 heteroatoms.